The molecule has 1 fully saturated rings. The molecular weight excluding hydrogens is 360 g/mol. The molecule has 0 unspecified atom stereocenters. The number of nitrogens with zero attached hydrogens (tertiary/aromatic N) is 2. The molecule has 0 N–H and O–H groups in total. The Kier molecular flexibility index (Phi) is 5.48. The molecule has 3 aromatic rings. The smallest absolute Gasteiger partial charge is 0.268 e. The van der Waals surface area contributed by atoms with Crippen molar-refractivity contribution in [2.75, 3.05) is 18.0 Å². The fraction of sp³-hybridized carbons (Fsp3) is 0.286. The molecule has 26 heavy (non-hydrogen) atoms. The lowest BCUT2D eigenvalue weighted by atomic mass is 10.0. The number of carbonyl (C=O) groups is 1. The highest BCUT2D eigenvalue weighted by molar-refractivity contribution is 7.12. The zero-order valence-electron chi connectivity index (χ0n) is 14.6. The summed E-state index contributed by atoms with van der Waals surface area (Å²) in [6.07, 6.45) is 2.02. The molecule has 1 aliphatic heterocycles. The Bertz CT molecular complexity index is 807. The van der Waals surface area contributed by atoms with Crippen LogP contribution in [0.3, 0.4) is 0 Å². The van der Waals surface area contributed by atoms with Gasteiger partial charge in [-0.1, -0.05) is 30.3 Å². The summed E-state index contributed by atoms with van der Waals surface area (Å²) < 4.78 is 0. The Morgan fingerprint density at radius 2 is 1.69 bits per heavy atom. The first-order valence-electron chi connectivity index (χ1n) is 8.98. The maximum Gasteiger partial charge on any atom is 0.268 e. The molecule has 5 heteroatoms. The standard InChI is InChI=1S/C21H22N2OS2/c24-21(20-9-5-15-26-20)23(17-6-2-1-3-7-17)18-10-12-22(13-11-18)16-19-8-4-14-25-19/h1-9,14-15,18H,10-13,16H2. The van der Waals surface area contributed by atoms with Gasteiger partial charge in [0.15, 0.2) is 0 Å². The highest BCUT2D eigenvalue weighted by Crippen LogP contribution is 2.27. The number of thiophene rings is 2. The Hall–Kier alpha value is -1.95. The lowest BCUT2D eigenvalue weighted by molar-refractivity contribution is 0.0963. The molecule has 1 amide bonds. The summed E-state index contributed by atoms with van der Waals surface area (Å²) in [6, 6.07) is 18.6. The quantitative estimate of drug-likeness (QED) is 0.611. The van der Waals surface area contributed by atoms with Crippen molar-refractivity contribution in [3.63, 3.8) is 0 Å². The first-order chi connectivity index (χ1) is 12.8. The SMILES string of the molecule is O=C(c1cccs1)N(c1ccccc1)C1CCN(Cc2cccs2)CC1. The summed E-state index contributed by atoms with van der Waals surface area (Å²) in [7, 11) is 0. The van der Waals surface area contributed by atoms with E-state index >= 15 is 0 Å². The monoisotopic (exact) mass is 382 g/mol. The second-order valence-corrected chi connectivity index (χ2v) is 8.55. The van der Waals surface area contributed by atoms with Crippen molar-refractivity contribution in [2.45, 2.75) is 25.4 Å². The summed E-state index contributed by atoms with van der Waals surface area (Å²) in [5, 5.41) is 4.11. The zero-order chi connectivity index (χ0) is 17.8. The predicted molar refractivity (Wildman–Crippen MR) is 110 cm³/mol. The molecule has 0 spiro atoms. The number of benzene rings is 1. The predicted octanol–water partition coefficient (Wildman–Crippen LogP) is 5.12. The summed E-state index contributed by atoms with van der Waals surface area (Å²) in [5.74, 6) is 0.128. The van der Waals surface area contributed by atoms with E-state index in [1.807, 2.05) is 64.1 Å². The molecule has 4 rings (SSSR count). The van der Waals surface area contributed by atoms with Crippen molar-refractivity contribution in [3.05, 3.63) is 75.1 Å². The van der Waals surface area contributed by atoms with E-state index < -0.39 is 0 Å². The summed E-state index contributed by atoms with van der Waals surface area (Å²) >= 11 is 3.34. The molecule has 3 nitrogen and oxygen atoms in total. The molecule has 1 saturated heterocycles. The molecular formula is C21H22N2OS2. The van der Waals surface area contributed by atoms with Gasteiger partial charge in [-0.25, -0.2) is 0 Å². The Morgan fingerprint density at radius 1 is 0.962 bits per heavy atom. The Balaban J connectivity index is 1.49. The topological polar surface area (TPSA) is 23.6 Å². The maximum atomic E-state index is 13.2. The minimum atomic E-state index is 0.128. The van der Waals surface area contributed by atoms with E-state index in [4.69, 9.17) is 0 Å². The lowest BCUT2D eigenvalue weighted by Crippen LogP contribution is -2.47. The van der Waals surface area contributed by atoms with Gasteiger partial charge >= 0.3 is 0 Å². The molecule has 0 atom stereocenters. The third-order valence-corrected chi connectivity index (χ3v) is 6.59. The number of para-hydroxylation sites is 1. The van der Waals surface area contributed by atoms with Gasteiger partial charge in [0, 0.05) is 36.2 Å². The van der Waals surface area contributed by atoms with Gasteiger partial charge in [0.2, 0.25) is 0 Å². The van der Waals surface area contributed by atoms with Crippen LogP contribution in [0.25, 0.3) is 0 Å². The molecule has 0 radical (unpaired) electrons. The van der Waals surface area contributed by atoms with Gasteiger partial charge in [0.25, 0.3) is 5.91 Å². The molecule has 2 aromatic heterocycles. The number of likely N-dealkylation sites (tertiary alicyclic amines) is 1. The van der Waals surface area contributed by atoms with E-state index in [0.29, 0.717) is 0 Å². The van der Waals surface area contributed by atoms with Crippen LogP contribution in [0.15, 0.2) is 65.4 Å². The summed E-state index contributed by atoms with van der Waals surface area (Å²) in [6.45, 7) is 3.09. The minimum Gasteiger partial charge on any atom is -0.305 e. The number of amides is 1. The Morgan fingerprint density at radius 3 is 2.35 bits per heavy atom. The highest BCUT2D eigenvalue weighted by Gasteiger charge is 2.30. The molecule has 1 aliphatic rings. The first kappa shape index (κ1) is 17.5. The van der Waals surface area contributed by atoms with Crippen molar-refractivity contribution in [1.29, 1.82) is 0 Å². The van der Waals surface area contributed by atoms with Crippen LogP contribution in [-0.2, 0) is 6.54 Å². The third-order valence-electron chi connectivity index (χ3n) is 4.87. The average molecular weight is 383 g/mol. The van der Waals surface area contributed by atoms with Gasteiger partial charge in [0.05, 0.1) is 4.88 Å². The number of piperidine rings is 1. The van der Waals surface area contributed by atoms with E-state index in [1.165, 1.54) is 16.2 Å². The van der Waals surface area contributed by atoms with Gasteiger partial charge in [-0.15, -0.1) is 22.7 Å². The number of anilines is 1. The maximum absolute atomic E-state index is 13.2. The second kappa shape index (κ2) is 8.16. The van der Waals surface area contributed by atoms with Crippen LogP contribution in [0.4, 0.5) is 5.69 Å². The zero-order valence-corrected chi connectivity index (χ0v) is 16.2. The molecule has 134 valence electrons. The van der Waals surface area contributed by atoms with Crippen LogP contribution in [-0.4, -0.2) is 29.9 Å². The number of hydrogen-bond acceptors (Lipinski definition) is 4. The van der Waals surface area contributed by atoms with Crippen LogP contribution < -0.4 is 4.90 Å². The van der Waals surface area contributed by atoms with Crippen LogP contribution in [0.1, 0.15) is 27.4 Å². The number of carbonyl (C=O) groups excluding carboxylic acids is 1. The van der Waals surface area contributed by atoms with Crippen LogP contribution in [0.5, 0.6) is 0 Å². The Labute approximate surface area is 162 Å². The van der Waals surface area contributed by atoms with E-state index in [2.05, 4.69) is 22.4 Å². The van der Waals surface area contributed by atoms with E-state index in [0.717, 1.165) is 43.0 Å². The fourth-order valence-corrected chi connectivity index (χ4v) is 4.97. The minimum absolute atomic E-state index is 0.128. The molecule has 0 saturated carbocycles. The van der Waals surface area contributed by atoms with E-state index in [-0.39, 0.29) is 11.9 Å². The van der Waals surface area contributed by atoms with Crippen molar-refractivity contribution >= 4 is 34.3 Å². The number of hydrogen-bond donors (Lipinski definition) is 0. The summed E-state index contributed by atoms with van der Waals surface area (Å²) in [5.41, 5.74) is 1.00. The van der Waals surface area contributed by atoms with E-state index in [9.17, 15) is 4.79 Å². The van der Waals surface area contributed by atoms with Gasteiger partial charge < -0.3 is 4.90 Å². The molecule has 0 bridgehead atoms. The van der Waals surface area contributed by atoms with E-state index in [1.54, 1.807) is 0 Å². The van der Waals surface area contributed by atoms with Gasteiger partial charge in [-0.05, 0) is 47.9 Å². The first-order valence-corrected chi connectivity index (χ1v) is 10.7. The molecule has 0 aliphatic carbocycles. The number of rotatable bonds is 5. The fourth-order valence-electron chi connectivity index (χ4n) is 3.56. The lowest BCUT2D eigenvalue weighted by Gasteiger charge is -2.38. The van der Waals surface area contributed by atoms with Gasteiger partial charge in [-0.3, -0.25) is 9.69 Å². The second-order valence-electron chi connectivity index (χ2n) is 6.57. The van der Waals surface area contributed by atoms with Crippen LogP contribution in [0, 0.1) is 0 Å². The summed E-state index contributed by atoms with van der Waals surface area (Å²) in [4.78, 5) is 19.9. The van der Waals surface area contributed by atoms with Crippen molar-refractivity contribution in [2.24, 2.45) is 0 Å². The van der Waals surface area contributed by atoms with Crippen LogP contribution in [0.2, 0.25) is 0 Å². The normalized spacial score (nSPS) is 15.8. The highest BCUT2D eigenvalue weighted by atomic mass is 32.1. The van der Waals surface area contributed by atoms with Crippen LogP contribution >= 0.6 is 22.7 Å². The molecule has 3 heterocycles. The van der Waals surface area contributed by atoms with Crippen molar-refractivity contribution < 1.29 is 4.79 Å². The van der Waals surface area contributed by atoms with Crippen molar-refractivity contribution in [1.82, 2.24) is 4.90 Å². The third kappa shape index (κ3) is 3.90. The van der Waals surface area contributed by atoms with Gasteiger partial charge in [-0.2, -0.15) is 0 Å². The largest absolute Gasteiger partial charge is 0.305 e. The average Bonchev–Trinajstić information content (AvgIpc) is 3.38. The van der Waals surface area contributed by atoms with Crippen molar-refractivity contribution in [3.8, 4) is 0 Å². The molecule has 1 aromatic carbocycles. The van der Waals surface area contributed by atoms with Gasteiger partial charge in [0.1, 0.15) is 0 Å².